The molecule has 1 aromatic carbocycles. The van der Waals surface area contributed by atoms with Crippen LogP contribution in [0.4, 0.5) is 0 Å². The first-order chi connectivity index (χ1) is 6.63. The minimum atomic E-state index is -0.566. The number of methoxy groups -OCH3 is 1. The highest BCUT2D eigenvalue weighted by Gasteiger charge is 1.96. The molecule has 4 heteroatoms. The SMILES string of the molecule is COC(=O)C#Cc1ccc(Br)c(Cl)c1. The molecule has 1 aromatic rings. The molecule has 0 N–H and O–H groups in total. The number of benzene rings is 1. The Morgan fingerprint density at radius 3 is 2.86 bits per heavy atom. The molecular formula is C10H6BrClO2. The van der Waals surface area contributed by atoms with Gasteiger partial charge in [-0.2, -0.15) is 0 Å². The van der Waals surface area contributed by atoms with Gasteiger partial charge in [-0.1, -0.05) is 17.5 Å². The van der Waals surface area contributed by atoms with Crippen molar-refractivity contribution in [2.75, 3.05) is 7.11 Å². The Morgan fingerprint density at radius 1 is 1.57 bits per heavy atom. The monoisotopic (exact) mass is 272 g/mol. The molecule has 0 aliphatic heterocycles. The van der Waals surface area contributed by atoms with Crippen LogP contribution in [-0.4, -0.2) is 13.1 Å². The summed E-state index contributed by atoms with van der Waals surface area (Å²) in [5, 5.41) is 0.557. The average molecular weight is 274 g/mol. The summed E-state index contributed by atoms with van der Waals surface area (Å²) in [7, 11) is 1.28. The third kappa shape index (κ3) is 3.06. The summed E-state index contributed by atoms with van der Waals surface area (Å²) in [6, 6.07) is 5.19. The van der Waals surface area contributed by atoms with Crippen LogP contribution in [-0.2, 0) is 9.53 Å². The zero-order valence-corrected chi connectivity index (χ0v) is 9.65. The van der Waals surface area contributed by atoms with Crippen molar-refractivity contribution in [1.29, 1.82) is 0 Å². The molecule has 0 aliphatic rings. The van der Waals surface area contributed by atoms with Crippen molar-refractivity contribution in [2.24, 2.45) is 0 Å². The molecule has 0 bridgehead atoms. The smallest absolute Gasteiger partial charge is 0.384 e. The van der Waals surface area contributed by atoms with Crippen molar-refractivity contribution in [1.82, 2.24) is 0 Å². The first kappa shape index (κ1) is 11.1. The Morgan fingerprint density at radius 2 is 2.29 bits per heavy atom. The molecule has 0 saturated carbocycles. The molecule has 0 radical (unpaired) electrons. The van der Waals surface area contributed by atoms with E-state index in [0.717, 1.165) is 4.47 Å². The lowest BCUT2D eigenvalue weighted by atomic mass is 10.2. The second-order valence-electron chi connectivity index (χ2n) is 2.37. The van der Waals surface area contributed by atoms with Crippen molar-refractivity contribution in [3.63, 3.8) is 0 Å². The maximum Gasteiger partial charge on any atom is 0.384 e. The molecule has 0 unspecified atom stereocenters. The normalized spacial score (nSPS) is 8.79. The standard InChI is InChI=1S/C10H6BrClO2/c1-14-10(13)5-3-7-2-4-8(11)9(12)6-7/h2,4,6H,1H3. The summed E-state index contributed by atoms with van der Waals surface area (Å²) < 4.78 is 5.17. The minimum Gasteiger partial charge on any atom is -0.459 e. The molecular weight excluding hydrogens is 267 g/mol. The van der Waals surface area contributed by atoms with E-state index >= 15 is 0 Å². The average Bonchev–Trinajstić information content (AvgIpc) is 2.19. The van der Waals surface area contributed by atoms with Crippen LogP contribution in [0.25, 0.3) is 0 Å². The van der Waals surface area contributed by atoms with Crippen LogP contribution in [0.2, 0.25) is 5.02 Å². The second kappa shape index (κ2) is 5.04. The number of ether oxygens (including phenoxy) is 1. The van der Waals surface area contributed by atoms with Crippen molar-refractivity contribution in [3.05, 3.63) is 33.3 Å². The predicted octanol–water partition coefficient (Wildman–Crippen LogP) is 2.63. The summed E-state index contributed by atoms with van der Waals surface area (Å²) in [4.78, 5) is 10.7. The number of halogens is 2. The summed E-state index contributed by atoms with van der Waals surface area (Å²) in [6.45, 7) is 0. The zero-order valence-electron chi connectivity index (χ0n) is 7.30. The first-order valence-corrected chi connectivity index (χ1v) is 4.85. The van der Waals surface area contributed by atoms with Gasteiger partial charge in [-0.3, -0.25) is 0 Å². The molecule has 0 aliphatic carbocycles. The maximum absolute atomic E-state index is 10.7. The fourth-order valence-electron chi connectivity index (χ4n) is 0.748. The zero-order chi connectivity index (χ0) is 10.6. The highest BCUT2D eigenvalue weighted by molar-refractivity contribution is 9.10. The van der Waals surface area contributed by atoms with E-state index in [4.69, 9.17) is 11.6 Å². The number of carbonyl (C=O) groups excluding carboxylic acids is 1. The van der Waals surface area contributed by atoms with Gasteiger partial charge in [0.05, 0.1) is 12.1 Å². The Balaban J connectivity index is 2.91. The van der Waals surface area contributed by atoms with Crippen molar-refractivity contribution in [3.8, 4) is 11.8 Å². The van der Waals surface area contributed by atoms with Gasteiger partial charge >= 0.3 is 5.97 Å². The number of rotatable bonds is 0. The van der Waals surface area contributed by atoms with Crippen molar-refractivity contribution in [2.45, 2.75) is 0 Å². The Kier molecular flexibility index (Phi) is 3.99. The molecule has 0 spiro atoms. The van der Waals surface area contributed by atoms with E-state index in [0.29, 0.717) is 10.6 Å². The van der Waals surface area contributed by atoms with E-state index in [1.165, 1.54) is 7.11 Å². The summed E-state index contributed by atoms with van der Waals surface area (Å²) in [6.07, 6.45) is 0. The second-order valence-corrected chi connectivity index (χ2v) is 3.63. The highest BCUT2D eigenvalue weighted by atomic mass is 79.9. The van der Waals surface area contributed by atoms with Crippen LogP contribution >= 0.6 is 27.5 Å². The predicted molar refractivity (Wildman–Crippen MR) is 58.0 cm³/mol. The number of hydrogen-bond acceptors (Lipinski definition) is 2. The lowest BCUT2D eigenvalue weighted by molar-refractivity contribution is -0.133. The Hall–Kier alpha value is -0.980. The molecule has 0 amide bonds. The molecule has 0 fully saturated rings. The third-order valence-electron chi connectivity index (χ3n) is 1.41. The van der Waals surface area contributed by atoms with Gasteiger partial charge in [0.2, 0.25) is 0 Å². The minimum absolute atomic E-state index is 0.557. The lowest BCUT2D eigenvalue weighted by Gasteiger charge is -1.95. The van der Waals surface area contributed by atoms with Crippen LogP contribution in [0.1, 0.15) is 5.56 Å². The largest absolute Gasteiger partial charge is 0.459 e. The number of hydrogen-bond donors (Lipinski definition) is 0. The highest BCUT2D eigenvalue weighted by Crippen LogP contribution is 2.22. The van der Waals surface area contributed by atoms with Gasteiger partial charge in [-0.05, 0) is 34.1 Å². The summed E-state index contributed by atoms with van der Waals surface area (Å²) in [5.74, 6) is 4.38. The summed E-state index contributed by atoms with van der Waals surface area (Å²) >= 11 is 9.08. The van der Waals surface area contributed by atoms with Gasteiger partial charge in [-0.25, -0.2) is 4.79 Å². The Bertz CT molecular complexity index is 418. The molecule has 0 heterocycles. The van der Waals surface area contributed by atoms with Gasteiger partial charge in [0, 0.05) is 16.0 Å². The fourth-order valence-corrected chi connectivity index (χ4v) is 1.18. The molecule has 0 atom stereocenters. The topological polar surface area (TPSA) is 26.3 Å². The molecule has 2 nitrogen and oxygen atoms in total. The van der Waals surface area contributed by atoms with E-state index in [-0.39, 0.29) is 0 Å². The van der Waals surface area contributed by atoms with E-state index in [1.54, 1.807) is 18.2 Å². The van der Waals surface area contributed by atoms with Gasteiger partial charge in [-0.15, -0.1) is 0 Å². The van der Waals surface area contributed by atoms with Crippen molar-refractivity contribution >= 4 is 33.5 Å². The van der Waals surface area contributed by atoms with Crippen LogP contribution < -0.4 is 0 Å². The van der Waals surface area contributed by atoms with E-state index in [1.807, 2.05) is 0 Å². The molecule has 0 aromatic heterocycles. The maximum atomic E-state index is 10.7. The molecule has 1 rings (SSSR count). The van der Waals surface area contributed by atoms with Gasteiger partial charge in [0.1, 0.15) is 0 Å². The van der Waals surface area contributed by atoms with Crippen LogP contribution in [0.5, 0.6) is 0 Å². The number of esters is 1. The van der Waals surface area contributed by atoms with Crippen molar-refractivity contribution < 1.29 is 9.53 Å². The van der Waals surface area contributed by atoms with Crippen LogP contribution in [0.15, 0.2) is 22.7 Å². The van der Waals surface area contributed by atoms with Gasteiger partial charge in [0.15, 0.2) is 0 Å². The quantitative estimate of drug-likeness (QED) is 0.536. The lowest BCUT2D eigenvalue weighted by Crippen LogP contribution is -1.94. The summed E-state index contributed by atoms with van der Waals surface area (Å²) in [5.41, 5.74) is 0.670. The van der Waals surface area contributed by atoms with Gasteiger partial charge < -0.3 is 4.74 Å². The van der Waals surface area contributed by atoms with Crippen LogP contribution in [0, 0.1) is 11.8 Å². The molecule has 72 valence electrons. The third-order valence-corrected chi connectivity index (χ3v) is 2.65. The van der Waals surface area contributed by atoms with Gasteiger partial charge in [0.25, 0.3) is 0 Å². The van der Waals surface area contributed by atoms with E-state index in [9.17, 15) is 4.79 Å². The fraction of sp³-hybridized carbons (Fsp3) is 0.100. The molecule has 0 saturated heterocycles. The van der Waals surface area contributed by atoms with E-state index in [2.05, 4.69) is 32.5 Å². The first-order valence-electron chi connectivity index (χ1n) is 3.68. The Labute approximate surface area is 95.3 Å². The molecule has 14 heavy (non-hydrogen) atoms. The number of carbonyl (C=O) groups is 1. The van der Waals surface area contributed by atoms with E-state index < -0.39 is 5.97 Å². The van der Waals surface area contributed by atoms with Crippen LogP contribution in [0.3, 0.4) is 0 Å².